The molecule has 0 saturated carbocycles. The number of hydrogen-bond acceptors (Lipinski definition) is 6. The van der Waals surface area contributed by atoms with E-state index >= 15 is 0 Å². The third-order valence-electron chi connectivity index (χ3n) is 7.11. The number of nitrogens with zero attached hydrogens (tertiary/aromatic N) is 6. The summed E-state index contributed by atoms with van der Waals surface area (Å²) in [5.74, 6) is 1.05. The molecule has 1 aromatic carbocycles. The fourth-order valence-corrected chi connectivity index (χ4v) is 5.40. The number of aromatic nitrogens is 3. The highest BCUT2D eigenvalue weighted by atomic mass is 16.3. The molecule has 2 saturated heterocycles. The van der Waals surface area contributed by atoms with Crippen LogP contribution in [0.1, 0.15) is 23.1 Å². The molecule has 2 fully saturated rings. The van der Waals surface area contributed by atoms with E-state index in [1.807, 2.05) is 41.5 Å². The van der Waals surface area contributed by atoms with Crippen LogP contribution in [-0.4, -0.2) is 81.1 Å². The van der Waals surface area contributed by atoms with E-state index in [1.165, 1.54) is 16.7 Å². The average Bonchev–Trinajstić information content (AvgIpc) is 3.36. The lowest BCUT2D eigenvalue weighted by molar-refractivity contribution is -0.0172. The van der Waals surface area contributed by atoms with Gasteiger partial charge in [-0.05, 0) is 61.2 Å². The summed E-state index contributed by atoms with van der Waals surface area (Å²) >= 11 is 0. The van der Waals surface area contributed by atoms with E-state index in [1.54, 1.807) is 0 Å². The quantitative estimate of drug-likeness (QED) is 0.650. The number of rotatable bonds is 5. The highest BCUT2D eigenvalue weighted by Gasteiger charge is 2.34. The Labute approximate surface area is 196 Å². The van der Waals surface area contributed by atoms with E-state index in [9.17, 15) is 5.11 Å². The van der Waals surface area contributed by atoms with Crippen LogP contribution >= 0.6 is 0 Å². The number of hydrogen-bond donors (Lipinski definition) is 1. The number of aliphatic hydroxyl groups excluding tert-OH is 1. The maximum absolute atomic E-state index is 11.1. The van der Waals surface area contributed by atoms with Crippen LogP contribution in [-0.2, 0) is 6.54 Å². The molecule has 1 N–H and O–H groups in total. The third kappa shape index (κ3) is 4.81. The van der Waals surface area contributed by atoms with E-state index in [0.717, 1.165) is 57.2 Å². The Bertz CT molecular complexity index is 1050. The highest BCUT2D eigenvalue weighted by Crippen LogP contribution is 2.26. The van der Waals surface area contributed by atoms with Crippen molar-refractivity contribution in [1.82, 2.24) is 24.6 Å². The number of aryl methyl sites for hydroxylation is 2. The van der Waals surface area contributed by atoms with Gasteiger partial charge in [0.05, 0.1) is 11.8 Å². The van der Waals surface area contributed by atoms with Gasteiger partial charge >= 0.3 is 0 Å². The lowest BCUT2D eigenvalue weighted by atomic mass is 9.97. The summed E-state index contributed by atoms with van der Waals surface area (Å²) in [5, 5.41) is 15.6. The van der Waals surface area contributed by atoms with Gasteiger partial charge in [-0.1, -0.05) is 12.1 Å². The number of piperidine rings is 1. The molecule has 2 aliphatic rings. The summed E-state index contributed by atoms with van der Waals surface area (Å²) in [6.45, 7) is 10.7. The van der Waals surface area contributed by atoms with Crippen molar-refractivity contribution in [2.45, 2.75) is 39.0 Å². The van der Waals surface area contributed by atoms with E-state index in [-0.39, 0.29) is 12.1 Å². The standard InChI is InChI=1S/C26H34N6O/c1-20-16-21(2)22(24(17-20)32-10-5-9-28-32)18-29-11-7-23(25(33)19-29)30-12-14-31(15-13-30)26-6-3-4-8-27-26/h3-6,8-10,16-17,23,25,33H,7,11-15,18-19H2,1-2H3/t23-,25-/m0/s1. The average molecular weight is 447 g/mol. The maximum Gasteiger partial charge on any atom is 0.128 e. The second-order valence-electron chi connectivity index (χ2n) is 9.40. The van der Waals surface area contributed by atoms with Crippen molar-refractivity contribution in [2.75, 3.05) is 44.2 Å². The van der Waals surface area contributed by atoms with Crippen molar-refractivity contribution >= 4 is 5.82 Å². The molecule has 7 nitrogen and oxygen atoms in total. The molecule has 0 radical (unpaired) electrons. The Balaban J connectivity index is 1.22. The van der Waals surface area contributed by atoms with Crippen molar-refractivity contribution in [3.05, 3.63) is 71.7 Å². The molecule has 7 heteroatoms. The summed E-state index contributed by atoms with van der Waals surface area (Å²) < 4.78 is 1.96. The van der Waals surface area contributed by atoms with Crippen LogP contribution in [0.4, 0.5) is 5.82 Å². The number of piperazine rings is 1. The minimum Gasteiger partial charge on any atom is -0.390 e. The van der Waals surface area contributed by atoms with Crippen LogP contribution < -0.4 is 4.90 Å². The second kappa shape index (κ2) is 9.63. The Morgan fingerprint density at radius 3 is 2.55 bits per heavy atom. The molecule has 2 atom stereocenters. The molecule has 0 bridgehead atoms. The Hall–Kier alpha value is -2.74. The molecule has 2 aromatic heterocycles. The lowest BCUT2D eigenvalue weighted by Crippen LogP contribution is -2.58. The minimum atomic E-state index is -0.334. The van der Waals surface area contributed by atoms with Gasteiger partial charge in [0.1, 0.15) is 5.82 Å². The van der Waals surface area contributed by atoms with Crippen LogP contribution in [0.15, 0.2) is 55.0 Å². The molecular weight excluding hydrogens is 412 g/mol. The van der Waals surface area contributed by atoms with Crippen molar-refractivity contribution < 1.29 is 5.11 Å². The Morgan fingerprint density at radius 2 is 1.85 bits per heavy atom. The summed E-state index contributed by atoms with van der Waals surface area (Å²) in [7, 11) is 0. The van der Waals surface area contributed by atoms with Crippen molar-refractivity contribution in [1.29, 1.82) is 0 Å². The first-order valence-electron chi connectivity index (χ1n) is 12.0. The van der Waals surface area contributed by atoms with Gasteiger partial charge in [-0.25, -0.2) is 9.67 Å². The first kappa shape index (κ1) is 22.1. The van der Waals surface area contributed by atoms with Crippen molar-refractivity contribution in [3.8, 4) is 5.69 Å². The number of pyridine rings is 1. The van der Waals surface area contributed by atoms with E-state index in [4.69, 9.17) is 0 Å². The van der Waals surface area contributed by atoms with Crippen LogP contribution in [0.5, 0.6) is 0 Å². The van der Waals surface area contributed by atoms with Crippen LogP contribution in [0.3, 0.4) is 0 Å². The fourth-order valence-electron chi connectivity index (χ4n) is 5.40. The third-order valence-corrected chi connectivity index (χ3v) is 7.11. The minimum absolute atomic E-state index is 0.233. The van der Waals surface area contributed by atoms with E-state index in [0.29, 0.717) is 6.54 Å². The maximum atomic E-state index is 11.1. The number of aliphatic hydroxyl groups is 1. The first-order chi connectivity index (χ1) is 16.1. The molecule has 2 aliphatic heterocycles. The smallest absolute Gasteiger partial charge is 0.128 e. The summed E-state index contributed by atoms with van der Waals surface area (Å²) in [4.78, 5) is 11.7. The molecule has 3 aromatic rings. The van der Waals surface area contributed by atoms with Crippen LogP contribution in [0.25, 0.3) is 5.69 Å². The van der Waals surface area contributed by atoms with Gasteiger partial charge in [0, 0.05) is 70.4 Å². The van der Waals surface area contributed by atoms with Gasteiger partial charge in [-0.15, -0.1) is 0 Å². The lowest BCUT2D eigenvalue weighted by Gasteiger charge is -2.45. The summed E-state index contributed by atoms with van der Waals surface area (Å²) in [6, 6.07) is 12.7. The summed E-state index contributed by atoms with van der Waals surface area (Å²) in [5.41, 5.74) is 4.95. The van der Waals surface area contributed by atoms with E-state index in [2.05, 4.69) is 56.8 Å². The Kier molecular flexibility index (Phi) is 6.44. The molecule has 5 rings (SSSR count). The number of β-amino-alcohol motifs (C(OH)–C–C–N with tert-alkyl or cyclic N) is 1. The number of likely N-dealkylation sites (tertiary alicyclic amines) is 1. The van der Waals surface area contributed by atoms with Crippen LogP contribution in [0.2, 0.25) is 0 Å². The first-order valence-corrected chi connectivity index (χ1v) is 12.0. The van der Waals surface area contributed by atoms with Crippen molar-refractivity contribution in [2.24, 2.45) is 0 Å². The molecule has 0 spiro atoms. The SMILES string of the molecule is Cc1cc(C)c(CN2CC[C@H](N3CCN(c4ccccn4)CC3)[C@@H](O)C2)c(-n2cccn2)c1. The molecule has 0 unspecified atom stereocenters. The molecule has 174 valence electrons. The zero-order valence-corrected chi connectivity index (χ0v) is 19.6. The monoisotopic (exact) mass is 446 g/mol. The predicted octanol–water partition coefficient (Wildman–Crippen LogP) is 2.64. The van der Waals surface area contributed by atoms with Gasteiger partial charge in [0.15, 0.2) is 0 Å². The molecule has 4 heterocycles. The van der Waals surface area contributed by atoms with Gasteiger partial charge < -0.3 is 10.0 Å². The molecule has 33 heavy (non-hydrogen) atoms. The van der Waals surface area contributed by atoms with Gasteiger partial charge in [0.25, 0.3) is 0 Å². The van der Waals surface area contributed by atoms with E-state index < -0.39 is 0 Å². The number of anilines is 1. The van der Waals surface area contributed by atoms with Gasteiger partial charge in [-0.3, -0.25) is 9.80 Å². The fraction of sp³-hybridized carbons (Fsp3) is 0.462. The number of benzene rings is 1. The second-order valence-corrected chi connectivity index (χ2v) is 9.40. The Morgan fingerprint density at radius 1 is 1.00 bits per heavy atom. The molecule has 0 aliphatic carbocycles. The topological polar surface area (TPSA) is 60.7 Å². The predicted molar refractivity (Wildman–Crippen MR) is 131 cm³/mol. The highest BCUT2D eigenvalue weighted by molar-refractivity contribution is 5.48. The molecule has 0 amide bonds. The summed E-state index contributed by atoms with van der Waals surface area (Å²) in [6.07, 6.45) is 6.34. The normalized spacial score (nSPS) is 22.6. The van der Waals surface area contributed by atoms with Crippen LogP contribution in [0, 0.1) is 13.8 Å². The largest absolute Gasteiger partial charge is 0.390 e. The van der Waals surface area contributed by atoms with Gasteiger partial charge in [-0.2, -0.15) is 5.10 Å². The van der Waals surface area contributed by atoms with Gasteiger partial charge in [0.2, 0.25) is 0 Å². The zero-order chi connectivity index (χ0) is 22.8. The van der Waals surface area contributed by atoms with Crippen molar-refractivity contribution in [3.63, 3.8) is 0 Å². The molecular formula is C26H34N6O. The zero-order valence-electron chi connectivity index (χ0n) is 19.6.